The third-order valence-corrected chi connectivity index (χ3v) is 7.73. The molecule has 5 rings (SSSR count). The molecule has 4 aromatic carbocycles. The van der Waals surface area contributed by atoms with Crippen molar-refractivity contribution in [3.63, 3.8) is 0 Å². The number of rotatable bonds is 10. The first kappa shape index (κ1) is 26.2. The molecule has 4 aromatic rings. The van der Waals surface area contributed by atoms with Crippen molar-refractivity contribution >= 4 is 29.0 Å². The van der Waals surface area contributed by atoms with Crippen LogP contribution in [0.3, 0.4) is 0 Å². The number of hydrogen-bond acceptors (Lipinski definition) is 5. The van der Waals surface area contributed by atoms with E-state index in [2.05, 4.69) is 0 Å². The molecule has 196 valence electrons. The first-order valence-corrected chi connectivity index (χ1v) is 13.5. The summed E-state index contributed by atoms with van der Waals surface area (Å²) in [6, 6.07) is 24.7. The van der Waals surface area contributed by atoms with E-state index < -0.39 is 12.0 Å². The Labute approximate surface area is 225 Å². The Balaban J connectivity index is 1.27. The van der Waals surface area contributed by atoms with Crippen LogP contribution >= 0.6 is 11.9 Å². The summed E-state index contributed by atoms with van der Waals surface area (Å²) in [5.74, 6) is -1.50. The van der Waals surface area contributed by atoms with E-state index in [4.69, 9.17) is 9.47 Å². The summed E-state index contributed by atoms with van der Waals surface area (Å²) in [5.41, 5.74) is -0.254. The van der Waals surface area contributed by atoms with Crippen LogP contribution in [0.5, 0.6) is 17.2 Å². The lowest BCUT2D eigenvalue weighted by Gasteiger charge is -2.30. The minimum absolute atomic E-state index is 0.254. The van der Waals surface area contributed by atoms with E-state index in [0.717, 1.165) is 46.2 Å². The van der Waals surface area contributed by atoms with Crippen LogP contribution in [0, 0.1) is 0 Å². The second kappa shape index (κ2) is 11.5. The Hall–Kier alpha value is -3.42. The number of halogens is 2. The van der Waals surface area contributed by atoms with Crippen LogP contribution in [0.2, 0.25) is 0 Å². The average Bonchev–Trinajstić information content (AvgIpc) is 3.43. The van der Waals surface area contributed by atoms with Crippen LogP contribution in [0.1, 0.15) is 31.2 Å². The van der Waals surface area contributed by atoms with Gasteiger partial charge in [-0.15, -0.1) is 0 Å². The van der Waals surface area contributed by atoms with Crippen molar-refractivity contribution in [3.05, 3.63) is 96.6 Å². The lowest BCUT2D eigenvalue weighted by atomic mass is 10.0. The number of fused-ring (bicyclic) bond motifs is 1. The molecule has 1 aliphatic carbocycles. The van der Waals surface area contributed by atoms with Crippen molar-refractivity contribution in [1.82, 2.24) is 4.31 Å². The van der Waals surface area contributed by atoms with Crippen LogP contribution < -0.4 is 9.47 Å². The fourth-order valence-corrected chi connectivity index (χ4v) is 5.63. The molecule has 1 saturated carbocycles. The number of benzene rings is 4. The predicted octanol–water partition coefficient (Wildman–Crippen LogP) is 8.25. The fraction of sp³-hybridized carbons (Fsp3) is 0.258. The molecule has 0 amide bonds. The van der Waals surface area contributed by atoms with Crippen molar-refractivity contribution in [2.75, 3.05) is 7.05 Å². The Morgan fingerprint density at radius 2 is 1.50 bits per heavy atom. The van der Waals surface area contributed by atoms with Crippen molar-refractivity contribution in [1.29, 1.82) is 0 Å². The second-order valence-corrected chi connectivity index (χ2v) is 10.7. The van der Waals surface area contributed by atoms with E-state index in [1.807, 2.05) is 54.6 Å². The molecule has 0 bridgehead atoms. The lowest BCUT2D eigenvalue weighted by Crippen LogP contribution is -2.42. The summed E-state index contributed by atoms with van der Waals surface area (Å²) < 4.78 is 44.0. The molecule has 1 aliphatic rings. The highest BCUT2D eigenvalue weighted by molar-refractivity contribution is 7.97. The van der Waals surface area contributed by atoms with Gasteiger partial charge in [0.1, 0.15) is 29.6 Å². The normalized spacial score (nSPS) is 15.1. The Morgan fingerprint density at radius 3 is 2.21 bits per heavy atom. The number of ether oxygens (including phenoxy) is 2. The fourth-order valence-electron chi connectivity index (χ4n) is 4.69. The quantitative estimate of drug-likeness (QED) is 0.152. The molecule has 0 radical (unpaired) electrons. The van der Waals surface area contributed by atoms with Gasteiger partial charge in [0.2, 0.25) is 0 Å². The summed E-state index contributed by atoms with van der Waals surface area (Å²) in [6.07, 6.45) is 5.19. The summed E-state index contributed by atoms with van der Waals surface area (Å²) in [7, 11) is 1.51. The van der Waals surface area contributed by atoms with Gasteiger partial charge in [0.15, 0.2) is 0 Å². The zero-order valence-electron chi connectivity index (χ0n) is 21.1. The molecule has 7 heteroatoms. The van der Waals surface area contributed by atoms with Crippen molar-refractivity contribution < 1.29 is 23.0 Å². The van der Waals surface area contributed by atoms with Gasteiger partial charge in [-0.2, -0.15) is 8.78 Å². The summed E-state index contributed by atoms with van der Waals surface area (Å²) >= 11 is 1.11. The van der Waals surface area contributed by atoms with E-state index in [1.54, 1.807) is 12.1 Å². The Bertz CT molecular complexity index is 1380. The standard InChI is InChI=1S/C31H29F2NO3S/c1-34(38-29-18-12-22-19-28(15-11-23(22)20-29)37-26-9-5-6-10-26)30(21-35)31(32,33)24-13-16-27(17-14-24)36-25-7-3-2-4-8-25/h2-4,7-8,11-21,26,30H,5-6,9-10H2,1H3. The number of nitrogens with zero attached hydrogens (tertiary/aromatic N) is 1. The van der Waals surface area contributed by atoms with Gasteiger partial charge in [-0.05, 0) is 116 Å². The highest BCUT2D eigenvalue weighted by atomic mass is 32.2. The molecule has 0 aliphatic heterocycles. The minimum atomic E-state index is -3.40. The number of hydrogen-bond donors (Lipinski definition) is 0. The molecule has 0 saturated heterocycles. The largest absolute Gasteiger partial charge is 0.490 e. The molecule has 0 aromatic heterocycles. The minimum Gasteiger partial charge on any atom is -0.490 e. The Morgan fingerprint density at radius 1 is 0.868 bits per heavy atom. The zero-order valence-corrected chi connectivity index (χ0v) is 21.9. The van der Waals surface area contributed by atoms with E-state index in [0.29, 0.717) is 17.8 Å². The molecule has 1 atom stereocenters. The molecule has 0 heterocycles. The van der Waals surface area contributed by atoms with Crippen molar-refractivity contribution in [3.8, 4) is 17.2 Å². The molecule has 4 nitrogen and oxygen atoms in total. The number of para-hydroxylation sites is 1. The highest BCUT2D eigenvalue weighted by Crippen LogP contribution is 2.39. The first-order valence-electron chi connectivity index (χ1n) is 12.7. The molecule has 38 heavy (non-hydrogen) atoms. The number of carbonyl (C=O) groups excluding carboxylic acids is 1. The molecular weight excluding hydrogens is 504 g/mol. The highest BCUT2D eigenvalue weighted by Gasteiger charge is 2.44. The average molecular weight is 534 g/mol. The maximum Gasteiger partial charge on any atom is 0.296 e. The molecule has 0 N–H and O–H groups in total. The van der Waals surface area contributed by atoms with Gasteiger partial charge < -0.3 is 14.3 Å². The summed E-state index contributed by atoms with van der Waals surface area (Å²) in [4.78, 5) is 12.6. The van der Waals surface area contributed by atoms with Gasteiger partial charge in [0.25, 0.3) is 5.92 Å². The van der Waals surface area contributed by atoms with Crippen LogP contribution in [0.4, 0.5) is 8.78 Å². The third kappa shape index (κ3) is 6.00. The predicted molar refractivity (Wildman–Crippen MR) is 147 cm³/mol. The van der Waals surface area contributed by atoms with Crippen molar-refractivity contribution in [2.24, 2.45) is 0 Å². The van der Waals surface area contributed by atoms with Crippen LogP contribution in [-0.4, -0.2) is 29.8 Å². The SMILES string of the molecule is CN(Sc1ccc2cc(OC3CCCC3)ccc2c1)C(C=O)C(F)(F)c1ccc(Oc2ccccc2)cc1. The van der Waals surface area contributed by atoms with Gasteiger partial charge in [-0.25, -0.2) is 4.31 Å². The monoisotopic (exact) mass is 533 g/mol. The zero-order chi connectivity index (χ0) is 26.5. The van der Waals surface area contributed by atoms with Gasteiger partial charge in [-0.1, -0.05) is 30.3 Å². The number of alkyl halides is 2. The van der Waals surface area contributed by atoms with Gasteiger partial charge in [0.05, 0.1) is 6.10 Å². The van der Waals surface area contributed by atoms with Crippen LogP contribution in [0.15, 0.2) is 95.9 Å². The van der Waals surface area contributed by atoms with E-state index >= 15 is 8.78 Å². The van der Waals surface area contributed by atoms with Gasteiger partial charge in [-0.3, -0.25) is 0 Å². The van der Waals surface area contributed by atoms with Crippen LogP contribution in [-0.2, 0) is 10.7 Å². The van der Waals surface area contributed by atoms with E-state index in [1.165, 1.54) is 48.5 Å². The molecule has 0 spiro atoms. The van der Waals surface area contributed by atoms with Crippen LogP contribution in [0.25, 0.3) is 10.8 Å². The number of likely N-dealkylation sites (N-methyl/N-ethyl adjacent to an activating group) is 1. The van der Waals surface area contributed by atoms with Crippen molar-refractivity contribution in [2.45, 2.75) is 48.6 Å². The third-order valence-electron chi connectivity index (χ3n) is 6.75. The molecule has 1 unspecified atom stereocenters. The first-order chi connectivity index (χ1) is 18.4. The van der Waals surface area contributed by atoms with Gasteiger partial charge in [0, 0.05) is 10.5 Å². The maximum atomic E-state index is 15.5. The smallest absolute Gasteiger partial charge is 0.296 e. The van der Waals surface area contributed by atoms with Gasteiger partial charge >= 0.3 is 0 Å². The number of aldehydes is 1. The summed E-state index contributed by atoms with van der Waals surface area (Å²) in [5, 5.41) is 1.99. The molecular formula is C31H29F2NO3S. The maximum absolute atomic E-state index is 15.5. The van der Waals surface area contributed by atoms with E-state index in [9.17, 15) is 4.79 Å². The number of carbonyl (C=O) groups is 1. The van der Waals surface area contributed by atoms with E-state index in [-0.39, 0.29) is 11.7 Å². The molecule has 1 fully saturated rings. The topological polar surface area (TPSA) is 38.8 Å². The summed E-state index contributed by atoms with van der Waals surface area (Å²) in [6.45, 7) is 0. The lowest BCUT2D eigenvalue weighted by molar-refractivity contribution is -0.124. The Kier molecular flexibility index (Phi) is 7.95. The second-order valence-electron chi connectivity index (χ2n) is 9.48.